The lowest BCUT2D eigenvalue weighted by molar-refractivity contribution is -0.346. The number of carbonyl (C=O) groups excluding carboxylic acids is 6. The molecule has 1 saturated heterocycles. The fourth-order valence-electron chi connectivity index (χ4n) is 10.3. The van der Waals surface area contributed by atoms with Crippen molar-refractivity contribution < 1.29 is 67.8 Å². The van der Waals surface area contributed by atoms with Crippen LogP contribution in [0, 0.1) is 16.7 Å². The van der Waals surface area contributed by atoms with E-state index >= 15 is 4.79 Å². The summed E-state index contributed by atoms with van der Waals surface area (Å²) in [5, 5.41) is 40.3. The van der Waals surface area contributed by atoms with Crippen molar-refractivity contribution in [1.82, 2.24) is 5.32 Å². The van der Waals surface area contributed by atoms with Crippen molar-refractivity contribution in [2.24, 2.45) is 21.7 Å². The zero-order valence-electron chi connectivity index (χ0n) is 38.7. The highest BCUT2D eigenvalue weighted by Gasteiger charge is 2.78. The molecule has 16 heteroatoms. The number of aliphatic hydroxyl groups excluding tert-OH is 2. The van der Waals surface area contributed by atoms with E-state index in [0.717, 1.165) is 13.8 Å². The van der Waals surface area contributed by atoms with Crippen LogP contribution in [0.3, 0.4) is 0 Å². The Morgan fingerprint density at radius 1 is 0.938 bits per heavy atom. The Kier molecular flexibility index (Phi) is 16.0. The van der Waals surface area contributed by atoms with Gasteiger partial charge in [0.05, 0.1) is 35.6 Å². The number of benzene rings is 2. The molecule has 2 bridgehead atoms. The number of unbranched alkanes of at least 4 members (excludes halogenated alkanes) is 2. The Morgan fingerprint density at radius 2 is 1.57 bits per heavy atom. The molecule has 1 aliphatic heterocycles. The highest BCUT2D eigenvalue weighted by molar-refractivity contribution is 5.95. The molecule has 0 unspecified atom stereocenters. The molecule has 3 fully saturated rings. The smallest absolute Gasteiger partial charge is 0.338 e. The maximum Gasteiger partial charge on any atom is 0.338 e. The summed E-state index contributed by atoms with van der Waals surface area (Å²) in [7, 11) is 1.66. The van der Waals surface area contributed by atoms with E-state index < -0.39 is 113 Å². The highest BCUT2D eigenvalue weighted by atomic mass is 16.6. The Bertz CT molecular complexity index is 2140. The monoisotopic (exact) mass is 904 g/mol. The first kappa shape index (κ1) is 50.7. The minimum Gasteiger partial charge on any atom is -0.456 e. The van der Waals surface area contributed by atoms with Crippen molar-refractivity contribution in [1.29, 1.82) is 0 Å². The summed E-state index contributed by atoms with van der Waals surface area (Å²) in [5.41, 5.74) is -7.19. The molecular weight excluding hydrogens is 841 g/mol. The summed E-state index contributed by atoms with van der Waals surface area (Å²) >= 11 is 0. The Labute approximate surface area is 380 Å². The molecule has 1 heterocycles. The number of nitrogens with one attached hydrogen (secondary N) is 1. The van der Waals surface area contributed by atoms with Gasteiger partial charge in [0, 0.05) is 45.6 Å². The van der Waals surface area contributed by atoms with Crippen LogP contribution in [0.15, 0.2) is 76.8 Å². The zero-order valence-corrected chi connectivity index (χ0v) is 38.7. The minimum atomic E-state index is -2.38. The normalized spacial score (nSPS) is 30.9. The van der Waals surface area contributed by atoms with Crippen LogP contribution < -0.4 is 5.32 Å². The first-order valence-electron chi connectivity index (χ1n) is 22.3. The summed E-state index contributed by atoms with van der Waals surface area (Å²) in [5.74, 6) is -6.63. The number of nitrogens with zero attached hydrogens (tertiary/aromatic N) is 1. The van der Waals surface area contributed by atoms with E-state index in [9.17, 15) is 39.3 Å². The second-order valence-electron chi connectivity index (χ2n) is 17.8. The lowest BCUT2D eigenvalue weighted by Gasteiger charge is -2.67. The summed E-state index contributed by atoms with van der Waals surface area (Å²) < 4.78 is 30.3. The molecule has 4 N–H and O–H groups in total. The third kappa shape index (κ3) is 9.54. The predicted molar refractivity (Wildman–Crippen MR) is 236 cm³/mol. The SMILES string of the molecule is CC.CN=CCCCCC(=O)N[C@H](c1ccccc1)[C@@H](O)C(=O)O[C@H]1C[C@@]2(O)[C@@H](OC(=O)c3ccccc3)[C@@H]3[C@]4(OC(C)=O)CO[C@@H]4C[C@H](O)[C@@]3(C)C(=O)[C@H](OC(C)=O)C(=C1C)C2(C)C. The van der Waals surface area contributed by atoms with Crippen LogP contribution in [0.2, 0.25) is 0 Å². The number of hydrogen-bond donors (Lipinski definition) is 4. The summed E-state index contributed by atoms with van der Waals surface area (Å²) in [4.78, 5) is 87.2. The number of ketones is 1. The Morgan fingerprint density at radius 3 is 2.14 bits per heavy atom. The number of aliphatic hydroxyl groups is 3. The quantitative estimate of drug-likeness (QED) is 0.0662. The second-order valence-corrected chi connectivity index (χ2v) is 17.8. The van der Waals surface area contributed by atoms with Gasteiger partial charge in [-0.25, -0.2) is 9.59 Å². The van der Waals surface area contributed by atoms with Gasteiger partial charge in [-0.15, -0.1) is 0 Å². The molecule has 11 atom stereocenters. The van der Waals surface area contributed by atoms with E-state index in [1.807, 2.05) is 13.8 Å². The Balaban J connectivity index is 0.00000391. The van der Waals surface area contributed by atoms with Gasteiger partial charge in [0.25, 0.3) is 0 Å². The van der Waals surface area contributed by atoms with Crippen LogP contribution in [0.25, 0.3) is 0 Å². The van der Waals surface area contributed by atoms with Crippen molar-refractivity contribution in [3.8, 4) is 0 Å². The number of rotatable bonds is 14. The van der Waals surface area contributed by atoms with Gasteiger partial charge >= 0.3 is 23.9 Å². The van der Waals surface area contributed by atoms with Crippen LogP contribution >= 0.6 is 0 Å². The maximum atomic E-state index is 15.5. The lowest BCUT2D eigenvalue weighted by atomic mass is 9.44. The van der Waals surface area contributed by atoms with Crippen molar-refractivity contribution in [2.45, 2.75) is 148 Å². The van der Waals surface area contributed by atoms with Gasteiger partial charge in [-0.3, -0.25) is 19.2 Å². The van der Waals surface area contributed by atoms with Crippen molar-refractivity contribution in [3.63, 3.8) is 0 Å². The molecule has 6 rings (SSSR count). The van der Waals surface area contributed by atoms with Crippen molar-refractivity contribution in [3.05, 3.63) is 82.9 Å². The average molecular weight is 905 g/mol. The number of amides is 1. The molecule has 354 valence electrons. The molecule has 2 saturated carbocycles. The first-order valence-corrected chi connectivity index (χ1v) is 22.3. The molecule has 0 aromatic heterocycles. The second kappa shape index (κ2) is 20.5. The van der Waals surface area contributed by atoms with E-state index in [4.69, 9.17) is 23.7 Å². The summed E-state index contributed by atoms with van der Waals surface area (Å²) in [6, 6.07) is 14.9. The summed E-state index contributed by atoms with van der Waals surface area (Å²) in [6.45, 7) is 12.0. The van der Waals surface area contributed by atoms with Gasteiger partial charge in [-0.1, -0.05) is 76.2 Å². The van der Waals surface area contributed by atoms with Gasteiger partial charge in [0.2, 0.25) is 5.91 Å². The molecule has 0 spiro atoms. The van der Waals surface area contributed by atoms with Crippen molar-refractivity contribution >= 4 is 41.8 Å². The van der Waals surface area contributed by atoms with Crippen LogP contribution in [-0.4, -0.2) is 119 Å². The topological polar surface area (TPSA) is 234 Å². The lowest BCUT2D eigenvalue weighted by Crippen LogP contribution is -2.82. The molecule has 2 aromatic rings. The maximum absolute atomic E-state index is 15.5. The molecule has 2 aromatic carbocycles. The zero-order chi connectivity index (χ0) is 48.1. The third-order valence-electron chi connectivity index (χ3n) is 13.6. The van der Waals surface area contributed by atoms with E-state index in [0.29, 0.717) is 24.8 Å². The number of ether oxygens (including phenoxy) is 5. The first-order chi connectivity index (χ1) is 30.7. The van der Waals surface area contributed by atoms with Gasteiger partial charge in [0.1, 0.15) is 23.9 Å². The number of carbonyl (C=O) groups is 6. The van der Waals surface area contributed by atoms with E-state index in [1.54, 1.807) is 75.6 Å². The largest absolute Gasteiger partial charge is 0.456 e. The van der Waals surface area contributed by atoms with E-state index in [1.165, 1.54) is 26.0 Å². The molecule has 16 nitrogen and oxygen atoms in total. The fourth-order valence-corrected chi connectivity index (χ4v) is 10.3. The molecule has 4 aliphatic rings. The average Bonchev–Trinajstić information content (AvgIpc) is 3.27. The number of esters is 4. The summed E-state index contributed by atoms with van der Waals surface area (Å²) in [6.07, 6.45) is -6.69. The molecule has 0 radical (unpaired) electrons. The van der Waals surface area contributed by atoms with Crippen LogP contribution in [0.4, 0.5) is 0 Å². The molecule has 1 amide bonds. The van der Waals surface area contributed by atoms with E-state index in [-0.39, 0.29) is 36.2 Å². The standard InChI is InChI=1S/C47H58N2O14.C2H6/c1-26-31(61-43(57)37(54)36(29-17-11-8-12-18-29)49-34(53)21-15-10-16-22-48-7)24-47(58)41(62-42(56)30-19-13-9-14-20-30)39-45(6,32(52)23-33-46(39,25-59-33)63-28(3)51)40(55)38(60-27(2)50)35(26)44(47,4)5;1-2/h8-9,11-14,17-20,22,31-33,36-39,41,52,54,58H,10,15-16,21,23-25H2,1-7H3,(H,49,53);1-2H3/t31-,32-,33+,36+,37+,38+,39-,41-,45+,46-,47+;/m0./s1. The Hall–Kier alpha value is -5.29. The number of hydrogen-bond acceptors (Lipinski definition) is 15. The van der Waals surface area contributed by atoms with Crippen LogP contribution in [0.1, 0.15) is 116 Å². The third-order valence-corrected chi connectivity index (χ3v) is 13.6. The van der Waals surface area contributed by atoms with Gasteiger partial charge in [-0.2, -0.15) is 0 Å². The van der Waals surface area contributed by atoms with Gasteiger partial charge < -0.3 is 49.3 Å². The number of Topliss-reactive ketones (excluding diaryl/α,β-unsaturated/α-hetero) is 1. The number of aliphatic imine (C=N–C) groups is 1. The van der Waals surface area contributed by atoms with Gasteiger partial charge in [-0.05, 0) is 68.2 Å². The molecule has 3 aliphatic carbocycles. The fraction of sp³-hybridized carbons (Fsp3) is 0.571. The highest BCUT2D eigenvalue weighted by Crippen LogP contribution is 2.64. The number of fused-ring (bicyclic) bond motifs is 5. The molecule has 65 heavy (non-hydrogen) atoms. The minimum absolute atomic E-state index is 0.00549. The van der Waals surface area contributed by atoms with Gasteiger partial charge in [0.15, 0.2) is 23.6 Å². The molecular formula is C49H64N2O14. The van der Waals surface area contributed by atoms with Crippen LogP contribution in [-0.2, 0) is 47.7 Å². The van der Waals surface area contributed by atoms with E-state index in [2.05, 4.69) is 10.3 Å². The predicted octanol–water partition coefficient (Wildman–Crippen LogP) is 4.71. The van der Waals surface area contributed by atoms with Crippen LogP contribution in [0.5, 0.6) is 0 Å². The van der Waals surface area contributed by atoms with Crippen molar-refractivity contribution in [2.75, 3.05) is 13.7 Å².